The Morgan fingerprint density at radius 2 is 1.74 bits per heavy atom. The Morgan fingerprint density at radius 1 is 1.13 bits per heavy atom. The van der Waals surface area contributed by atoms with Crippen molar-refractivity contribution in [2.45, 2.75) is 18.7 Å². The lowest BCUT2D eigenvalue weighted by Gasteiger charge is -2.13. The summed E-state index contributed by atoms with van der Waals surface area (Å²) in [5.74, 6) is -1.14. The summed E-state index contributed by atoms with van der Waals surface area (Å²) in [5, 5.41) is 9.20. The molecule has 2 aromatic rings. The highest BCUT2D eigenvalue weighted by Gasteiger charge is 2.22. The van der Waals surface area contributed by atoms with Crippen molar-refractivity contribution in [1.82, 2.24) is 0 Å². The number of nitrogens with one attached hydrogen (secondary N) is 1. The third-order valence-electron chi connectivity index (χ3n) is 3.32. The molecule has 0 amide bonds. The Kier molecular flexibility index (Phi) is 4.60. The van der Waals surface area contributed by atoms with Crippen LogP contribution in [0.5, 0.6) is 5.75 Å². The predicted octanol–water partition coefficient (Wildman–Crippen LogP) is 2.81. The fraction of sp³-hybridized carbons (Fsp3) is 0.188. The number of sulfonamides is 1. The molecule has 0 heterocycles. The van der Waals surface area contributed by atoms with Gasteiger partial charge in [-0.2, -0.15) is 0 Å². The van der Waals surface area contributed by atoms with Gasteiger partial charge in [0, 0.05) is 5.69 Å². The van der Waals surface area contributed by atoms with E-state index in [0.29, 0.717) is 11.3 Å². The Balaban J connectivity index is 2.48. The lowest BCUT2D eigenvalue weighted by atomic mass is 10.1. The molecule has 0 saturated carbocycles. The quantitative estimate of drug-likeness (QED) is 0.876. The van der Waals surface area contributed by atoms with Crippen LogP contribution >= 0.6 is 0 Å². The van der Waals surface area contributed by atoms with Gasteiger partial charge in [0.2, 0.25) is 0 Å². The van der Waals surface area contributed by atoms with E-state index in [0.717, 1.165) is 11.6 Å². The number of aryl methyl sites for hydroxylation is 2. The summed E-state index contributed by atoms with van der Waals surface area (Å²) in [6, 6.07) is 9.34. The van der Waals surface area contributed by atoms with Crippen molar-refractivity contribution in [3.63, 3.8) is 0 Å². The summed E-state index contributed by atoms with van der Waals surface area (Å²) < 4.78 is 32.5. The summed E-state index contributed by atoms with van der Waals surface area (Å²) in [7, 11) is -2.57. The van der Waals surface area contributed by atoms with Gasteiger partial charge in [-0.05, 0) is 43.7 Å². The normalized spacial score (nSPS) is 11.1. The molecule has 0 atom stereocenters. The van der Waals surface area contributed by atoms with Crippen molar-refractivity contribution in [3.8, 4) is 5.75 Å². The van der Waals surface area contributed by atoms with Crippen LogP contribution in [-0.4, -0.2) is 26.6 Å². The van der Waals surface area contributed by atoms with E-state index in [4.69, 9.17) is 4.74 Å². The van der Waals surface area contributed by atoms with Crippen molar-refractivity contribution in [1.29, 1.82) is 0 Å². The molecule has 2 aromatic carbocycles. The Hall–Kier alpha value is -2.54. The number of carbonyl (C=O) groups is 1. The van der Waals surface area contributed by atoms with Crippen molar-refractivity contribution < 1.29 is 23.1 Å². The number of benzene rings is 2. The number of carboxylic acids is 1. The van der Waals surface area contributed by atoms with Gasteiger partial charge >= 0.3 is 5.97 Å². The van der Waals surface area contributed by atoms with Crippen molar-refractivity contribution in [2.75, 3.05) is 11.8 Å². The zero-order valence-corrected chi connectivity index (χ0v) is 13.8. The highest BCUT2D eigenvalue weighted by Crippen LogP contribution is 2.27. The third-order valence-corrected chi connectivity index (χ3v) is 4.84. The van der Waals surface area contributed by atoms with Crippen LogP contribution in [0.15, 0.2) is 41.3 Å². The van der Waals surface area contributed by atoms with Crippen LogP contribution in [0.3, 0.4) is 0 Å². The van der Waals surface area contributed by atoms with Crippen LogP contribution in [0, 0.1) is 13.8 Å². The number of carboxylic acid groups (broad SMARTS) is 1. The molecular formula is C16H17NO5S. The fourth-order valence-electron chi connectivity index (χ4n) is 2.12. The maximum atomic E-state index is 12.5. The Labute approximate surface area is 134 Å². The molecule has 2 N–H and O–H groups in total. The molecule has 0 fully saturated rings. The smallest absolute Gasteiger partial charge is 0.339 e. The van der Waals surface area contributed by atoms with E-state index in [-0.39, 0.29) is 16.2 Å². The molecule has 0 aliphatic rings. The summed E-state index contributed by atoms with van der Waals surface area (Å²) in [6.07, 6.45) is 0. The number of rotatable bonds is 5. The first-order valence-corrected chi connectivity index (χ1v) is 8.24. The second-order valence-corrected chi connectivity index (χ2v) is 6.75. The maximum absolute atomic E-state index is 12.5. The lowest BCUT2D eigenvalue weighted by molar-refractivity contribution is 0.0693. The minimum Gasteiger partial charge on any atom is -0.496 e. The van der Waals surface area contributed by atoms with Crippen molar-refractivity contribution in [2.24, 2.45) is 0 Å². The number of aromatic carboxylic acids is 1. The first-order chi connectivity index (χ1) is 10.7. The van der Waals surface area contributed by atoms with Crippen molar-refractivity contribution >= 4 is 21.7 Å². The molecule has 7 heteroatoms. The van der Waals surface area contributed by atoms with Gasteiger partial charge in [-0.1, -0.05) is 17.7 Å². The molecule has 0 unspecified atom stereocenters. The van der Waals surface area contributed by atoms with Crippen LogP contribution in [-0.2, 0) is 10.0 Å². The fourth-order valence-corrected chi connectivity index (χ4v) is 3.43. The topological polar surface area (TPSA) is 92.7 Å². The SMILES string of the molecule is COc1cc(C)c(S(=O)(=O)Nc2ccc(C)cc2)cc1C(=O)O. The van der Waals surface area contributed by atoms with E-state index in [1.807, 2.05) is 6.92 Å². The predicted molar refractivity (Wildman–Crippen MR) is 86.7 cm³/mol. The number of hydrogen-bond acceptors (Lipinski definition) is 4. The zero-order chi connectivity index (χ0) is 17.2. The molecule has 23 heavy (non-hydrogen) atoms. The monoisotopic (exact) mass is 335 g/mol. The minimum absolute atomic E-state index is 0.101. The van der Waals surface area contributed by atoms with Crippen molar-refractivity contribution in [3.05, 3.63) is 53.1 Å². The van der Waals surface area contributed by atoms with E-state index in [1.54, 1.807) is 31.2 Å². The molecule has 0 aliphatic carbocycles. The van der Waals surface area contributed by atoms with Gasteiger partial charge in [0.25, 0.3) is 10.0 Å². The zero-order valence-electron chi connectivity index (χ0n) is 13.0. The van der Waals surface area contributed by atoms with Gasteiger partial charge in [-0.15, -0.1) is 0 Å². The van der Waals surface area contributed by atoms with Gasteiger partial charge in [-0.25, -0.2) is 13.2 Å². The first kappa shape index (κ1) is 16.8. The van der Waals surface area contributed by atoms with E-state index < -0.39 is 16.0 Å². The second-order valence-electron chi connectivity index (χ2n) is 5.09. The van der Waals surface area contributed by atoms with Crippen LogP contribution in [0.2, 0.25) is 0 Å². The largest absolute Gasteiger partial charge is 0.496 e. The van der Waals surface area contributed by atoms with E-state index in [9.17, 15) is 18.3 Å². The van der Waals surface area contributed by atoms with Crippen LogP contribution in [0.4, 0.5) is 5.69 Å². The van der Waals surface area contributed by atoms with E-state index in [1.165, 1.54) is 13.2 Å². The van der Waals surface area contributed by atoms with Gasteiger partial charge in [0.15, 0.2) is 0 Å². The van der Waals surface area contributed by atoms with Gasteiger partial charge < -0.3 is 9.84 Å². The highest BCUT2D eigenvalue weighted by atomic mass is 32.2. The number of methoxy groups -OCH3 is 1. The first-order valence-electron chi connectivity index (χ1n) is 6.76. The van der Waals surface area contributed by atoms with Crippen LogP contribution < -0.4 is 9.46 Å². The number of ether oxygens (including phenoxy) is 1. The summed E-state index contributed by atoms with van der Waals surface area (Å²) in [4.78, 5) is 11.2. The average molecular weight is 335 g/mol. The lowest BCUT2D eigenvalue weighted by Crippen LogP contribution is -2.15. The third kappa shape index (κ3) is 3.62. The molecule has 6 nitrogen and oxygen atoms in total. The minimum atomic E-state index is -3.91. The Morgan fingerprint density at radius 3 is 2.26 bits per heavy atom. The van der Waals surface area contributed by atoms with Gasteiger partial charge in [0.05, 0.1) is 12.0 Å². The summed E-state index contributed by atoms with van der Waals surface area (Å²) in [5.41, 5.74) is 1.60. The van der Waals surface area contributed by atoms with Gasteiger partial charge in [-0.3, -0.25) is 4.72 Å². The van der Waals surface area contributed by atoms with Crippen LogP contribution in [0.25, 0.3) is 0 Å². The van der Waals surface area contributed by atoms with Gasteiger partial charge in [0.1, 0.15) is 11.3 Å². The standard InChI is InChI=1S/C16H17NO5S/c1-10-4-6-12(7-5-10)17-23(20,21)15-9-13(16(18)19)14(22-3)8-11(15)2/h4-9,17H,1-3H3,(H,18,19). The highest BCUT2D eigenvalue weighted by molar-refractivity contribution is 7.92. The summed E-state index contributed by atoms with van der Waals surface area (Å²) in [6.45, 7) is 3.48. The number of hydrogen-bond donors (Lipinski definition) is 2. The molecule has 0 spiro atoms. The molecule has 0 saturated heterocycles. The summed E-state index contributed by atoms with van der Waals surface area (Å²) >= 11 is 0. The molecule has 0 aromatic heterocycles. The molecule has 0 aliphatic heterocycles. The molecule has 0 radical (unpaired) electrons. The second kappa shape index (κ2) is 6.29. The Bertz CT molecular complexity index is 842. The number of anilines is 1. The average Bonchev–Trinajstić information content (AvgIpc) is 2.48. The molecule has 0 bridgehead atoms. The molecule has 2 rings (SSSR count). The molecular weight excluding hydrogens is 318 g/mol. The van der Waals surface area contributed by atoms with E-state index >= 15 is 0 Å². The van der Waals surface area contributed by atoms with Crippen LogP contribution in [0.1, 0.15) is 21.5 Å². The van der Waals surface area contributed by atoms with E-state index in [2.05, 4.69) is 4.72 Å². The molecule has 122 valence electrons. The maximum Gasteiger partial charge on any atom is 0.339 e.